The van der Waals surface area contributed by atoms with Gasteiger partial charge in [0.05, 0.1) is 0 Å². The molecule has 2 N–H and O–H groups in total. The van der Waals surface area contributed by atoms with Gasteiger partial charge in [0.2, 0.25) is 0 Å². The van der Waals surface area contributed by atoms with Crippen molar-refractivity contribution < 1.29 is 24.5 Å². The van der Waals surface area contributed by atoms with E-state index in [9.17, 15) is 15.0 Å². The lowest BCUT2D eigenvalue weighted by Gasteiger charge is -2.33. The zero-order chi connectivity index (χ0) is 18.3. The average Bonchev–Trinajstić information content (AvgIpc) is 2.65. The monoisotopic (exact) mass is 342 g/mol. The molecule has 0 saturated heterocycles. The van der Waals surface area contributed by atoms with Gasteiger partial charge in [0.25, 0.3) is 0 Å². The average molecular weight is 342 g/mol. The molecule has 5 heteroatoms. The molecular formula is C20H22O5. The van der Waals surface area contributed by atoms with Crippen molar-refractivity contribution in [1.29, 1.82) is 0 Å². The predicted octanol–water partition coefficient (Wildman–Crippen LogP) is 3.80. The Balaban J connectivity index is 2.11. The molecule has 2 aromatic carbocycles. The van der Waals surface area contributed by atoms with E-state index in [1.165, 1.54) is 6.07 Å². The molecule has 2 aliphatic heterocycles. The number of benzene rings is 2. The second-order valence-corrected chi connectivity index (χ2v) is 8.11. The molecule has 25 heavy (non-hydrogen) atoms. The first-order valence-corrected chi connectivity index (χ1v) is 8.49. The van der Waals surface area contributed by atoms with E-state index in [1.807, 2.05) is 19.9 Å². The Morgan fingerprint density at radius 3 is 2.52 bits per heavy atom. The number of carbonyl (C=O) groups is 1. The highest BCUT2D eigenvalue weighted by Crippen LogP contribution is 2.55. The van der Waals surface area contributed by atoms with Gasteiger partial charge in [0, 0.05) is 22.8 Å². The van der Waals surface area contributed by atoms with Crippen molar-refractivity contribution in [2.24, 2.45) is 0 Å². The third kappa shape index (κ3) is 1.92. The molecule has 0 fully saturated rings. The summed E-state index contributed by atoms with van der Waals surface area (Å²) in [6, 6.07) is 3.47. The summed E-state index contributed by atoms with van der Waals surface area (Å²) >= 11 is 0. The minimum Gasteiger partial charge on any atom is -0.507 e. The Kier molecular flexibility index (Phi) is 2.95. The largest absolute Gasteiger partial charge is 0.507 e. The number of ether oxygens (including phenoxy) is 2. The van der Waals surface area contributed by atoms with E-state index < -0.39 is 11.6 Å². The van der Waals surface area contributed by atoms with Crippen LogP contribution in [0.25, 0.3) is 10.8 Å². The Bertz CT molecular complexity index is 939. The van der Waals surface area contributed by atoms with E-state index in [0.717, 1.165) is 5.56 Å². The van der Waals surface area contributed by atoms with Gasteiger partial charge in [-0.15, -0.1) is 0 Å². The van der Waals surface area contributed by atoms with Gasteiger partial charge in [-0.2, -0.15) is 0 Å². The molecule has 0 amide bonds. The van der Waals surface area contributed by atoms with Gasteiger partial charge in [-0.1, -0.05) is 13.8 Å². The lowest BCUT2D eigenvalue weighted by atomic mass is 9.73. The molecule has 132 valence electrons. The second-order valence-electron chi connectivity index (χ2n) is 8.11. The van der Waals surface area contributed by atoms with Crippen molar-refractivity contribution in [3.8, 4) is 17.2 Å². The van der Waals surface area contributed by atoms with Crippen LogP contribution in [-0.2, 0) is 16.6 Å². The summed E-state index contributed by atoms with van der Waals surface area (Å²) in [4.78, 5) is 12.2. The van der Waals surface area contributed by atoms with Crippen LogP contribution in [0.1, 0.15) is 56.1 Å². The smallest absolute Gasteiger partial charge is 0.342 e. The molecule has 2 heterocycles. The van der Waals surface area contributed by atoms with E-state index >= 15 is 0 Å². The van der Waals surface area contributed by atoms with Crippen LogP contribution in [0, 0.1) is 0 Å². The van der Waals surface area contributed by atoms with Crippen molar-refractivity contribution in [3.63, 3.8) is 0 Å². The third-order valence-corrected chi connectivity index (χ3v) is 5.98. The number of hydrogen-bond donors (Lipinski definition) is 2. The van der Waals surface area contributed by atoms with Crippen LogP contribution in [0.15, 0.2) is 12.1 Å². The number of fused-ring (bicyclic) bond motifs is 4. The van der Waals surface area contributed by atoms with Crippen molar-refractivity contribution in [2.45, 2.75) is 58.2 Å². The van der Waals surface area contributed by atoms with E-state index in [0.29, 0.717) is 28.5 Å². The van der Waals surface area contributed by atoms with Gasteiger partial charge in [-0.05, 0) is 43.9 Å². The van der Waals surface area contributed by atoms with Crippen LogP contribution in [-0.4, -0.2) is 27.9 Å². The van der Waals surface area contributed by atoms with E-state index in [1.54, 1.807) is 6.92 Å². The number of aromatic hydroxyl groups is 2. The van der Waals surface area contributed by atoms with Crippen LogP contribution in [0.2, 0.25) is 0 Å². The quantitative estimate of drug-likeness (QED) is 0.712. The molecule has 1 unspecified atom stereocenters. The molecule has 0 saturated carbocycles. The van der Waals surface area contributed by atoms with Gasteiger partial charge < -0.3 is 19.7 Å². The molecule has 0 aliphatic carbocycles. The molecule has 4 rings (SSSR count). The lowest BCUT2D eigenvalue weighted by molar-refractivity contribution is 0.0298. The zero-order valence-electron chi connectivity index (χ0n) is 15.1. The summed E-state index contributed by atoms with van der Waals surface area (Å²) in [6.45, 7) is 9.92. The topological polar surface area (TPSA) is 76.0 Å². The fourth-order valence-corrected chi connectivity index (χ4v) is 3.88. The maximum Gasteiger partial charge on any atom is 0.342 e. The van der Waals surface area contributed by atoms with Gasteiger partial charge in [0.1, 0.15) is 23.0 Å². The van der Waals surface area contributed by atoms with Crippen LogP contribution in [0.4, 0.5) is 0 Å². The number of rotatable bonds is 0. The van der Waals surface area contributed by atoms with Crippen molar-refractivity contribution in [3.05, 3.63) is 28.8 Å². The van der Waals surface area contributed by atoms with Gasteiger partial charge in [-0.3, -0.25) is 0 Å². The standard InChI is InChI=1S/C20H22O5/c1-9-6-11-14-10(8-13(21)15(11)18(23)24-9)7-12-17(16(14)22)25-20(4,5)19(12,2)3/h7-9,21-22H,6H2,1-5H3. The van der Waals surface area contributed by atoms with Crippen molar-refractivity contribution in [2.75, 3.05) is 0 Å². The first-order valence-electron chi connectivity index (χ1n) is 8.49. The van der Waals surface area contributed by atoms with Crippen molar-refractivity contribution >= 4 is 16.7 Å². The minimum atomic E-state index is -0.561. The van der Waals surface area contributed by atoms with Crippen molar-refractivity contribution in [1.82, 2.24) is 0 Å². The number of phenolic OH excluding ortho intramolecular Hbond substituents is 2. The lowest BCUT2D eigenvalue weighted by Crippen LogP contribution is -2.41. The maximum atomic E-state index is 12.2. The summed E-state index contributed by atoms with van der Waals surface area (Å²) in [5, 5.41) is 22.6. The third-order valence-electron chi connectivity index (χ3n) is 5.98. The highest BCUT2D eigenvalue weighted by molar-refractivity contribution is 6.05. The minimum absolute atomic E-state index is 0.0318. The van der Waals surface area contributed by atoms with Crippen LogP contribution in [0.3, 0.4) is 0 Å². The molecule has 5 nitrogen and oxygen atoms in total. The second kappa shape index (κ2) is 4.59. The Morgan fingerprint density at radius 2 is 1.84 bits per heavy atom. The number of esters is 1. The van der Waals surface area contributed by atoms with Crippen LogP contribution < -0.4 is 4.74 Å². The normalized spacial score (nSPS) is 22.9. The summed E-state index contributed by atoms with van der Waals surface area (Å²) < 4.78 is 11.3. The summed E-state index contributed by atoms with van der Waals surface area (Å²) in [7, 11) is 0. The van der Waals surface area contributed by atoms with Gasteiger partial charge >= 0.3 is 5.97 Å². The number of cyclic esters (lactones) is 1. The van der Waals surface area contributed by atoms with Crippen LogP contribution >= 0.6 is 0 Å². The number of hydrogen-bond acceptors (Lipinski definition) is 5. The molecule has 0 bridgehead atoms. The van der Waals surface area contributed by atoms with Crippen LogP contribution in [0.5, 0.6) is 17.2 Å². The fourth-order valence-electron chi connectivity index (χ4n) is 3.88. The Labute approximate surface area is 146 Å². The van der Waals surface area contributed by atoms with Gasteiger partial charge in [0.15, 0.2) is 11.5 Å². The molecule has 2 aliphatic rings. The summed E-state index contributed by atoms with van der Waals surface area (Å²) in [5.41, 5.74) is 0.848. The summed E-state index contributed by atoms with van der Waals surface area (Å²) in [5.74, 6) is -0.185. The fraction of sp³-hybridized carbons (Fsp3) is 0.450. The van der Waals surface area contributed by atoms with E-state index in [4.69, 9.17) is 9.47 Å². The Hall–Kier alpha value is -2.43. The predicted molar refractivity (Wildman–Crippen MR) is 93.6 cm³/mol. The van der Waals surface area contributed by atoms with E-state index in [2.05, 4.69) is 13.8 Å². The molecule has 0 radical (unpaired) electrons. The SMILES string of the molecule is CC1Cc2c(c(O)cc3cc4c(c(O)c23)OC(C)(C)C4(C)C)C(=O)O1. The highest BCUT2D eigenvalue weighted by Gasteiger charge is 2.49. The molecule has 0 aromatic heterocycles. The molecule has 2 aromatic rings. The summed E-state index contributed by atoms with van der Waals surface area (Å²) in [6.07, 6.45) is 0.122. The van der Waals surface area contributed by atoms with E-state index in [-0.39, 0.29) is 28.6 Å². The molecule has 0 spiro atoms. The molecular weight excluding hydrogens is 320 g/mol. The maximum absolute atomic E-state index is 12.2. The highest BCUT2D eigenvalue weighted by atomic mass is 16.5. The first kappa shape index (κ1) is 16.1. The number of phenols is 2. The Morgan fingerprint density at radius 1 is 1.16 bits per heavy atom. The first-order chi connectivity index (χ1) is 11.5. The number of carbonyl (C=O) groups excluding carboxylic acids is 1. The molecule has 1 atom stereocenters. The van der Waals surface area contributed by atoms with Gasteiger partial charge in [-0.25, -0.2) is 4.79 Å². The zero-order valence-corrected chi connectivity index (χ0v) is 15.1.